The largest absolute Gasteiger partial charge is 0.467 e. The van der Waals surface area contributed by atoms with Gasteiger partial charge in [0.15, 0.2) is 5.76 Å². The van der Waals surface area contributed by atoms with Crippen LogP contribution in [0.3, 0.4) is 0 Å². The van der Waals surface area contributed by atoms with Crippen LogP contribution in [0.1, 0.15) is 33.0 Å². The molecule has 4 rings (SSSR count). The first-order chi connectivity index (χ1) is 13.5. The summed E-state index contributed by atoms with van der Waals surface area (Å²) in [6.07, 6.45) is 1.60. The van der Waals surface area contributed by atoms with Crippen molar-refractivity contribution in [3.63, 3.8) is 0 Å². The van der Waals surface area contributed by atoms with Crippen LogP contribution in [-0.2, 0) is 13.1 Å². The highest BCUT2D eigenvalue weighted by molar-refractivity contribution is 6.31. The maximum absolute atomic E-state index is 13.4. The summed E-state index contributed by atoms with van der Waals surface area (Å²) in [7, 11) is 0. The smallest absolute Gasteiger partial charge is 0.290 e. The lowest BCUT2D eigenvalue weighted by Gasteiger charge is -2.21. The Kier molecular flexibility index (Phi) is 4.97. The third-order valence-corrected chi connectivity index (χ3v) is 5.19. The van der Waals surface area contributed by atoms with Gasteiger partial charge in [-0.25, -0.2) is 0 Å². The molecule has 2 heterocycles. The number of hydrogen-bond donors (Lipinski definition) is 0. The third kappa shape index (κ3) is 3.56. The summed E-state index contributed by atoms with van der Waals surface area (Å²) in [5, 5.41) is 1.57. The number of fused-ring (bicyclic) bond motifs is 1. The highest BCUT2D eigenvalue weighted by Crippen LogP contribution is 2.28. The minimum absolute atomic E-state index is 0.192. The Morgan fingerprint density at radius 3 is 2.61 bits per heavy atom. The minimum atomic E-state index is -0.192. The number of amides is 1. The van der Waals surface area contributed by atoms with Gasteiger partial charge in [-0.1, -0.05) is 41.9 Å². The molecule has 142 valence electrons. The fourth-order valence-electron chi connectivity index (χ4n) is 3.30. The van der Waals surface area contributed by atoms with Gasteiger partial charge in [-0.3, -0.25) is 4.79 Å². The predicted molar refractivity (Wildman–Crippen MR) is 109 cm³/mol. The van der Waals surface area contributed by atoms with Crippen molar-refractivity contribution in [3.8, 4) is 0 Å². The second-order valence-corrected chi connectivity index (χ2v) is 7.29. The lowest BCUT2D eigenvalue weighted by Crippen LogP contribution is -2.30. The van der Waals surface area contributed by atoms with Gasteiger partial charge in [-0.05, 0) is 49.2 Å². The van der Waals surface area contributed by atoms with Gasteiger partial charge in [0.05, 0.1) is 12.8 Å². The first-order valence-electron chi connectivity index (χ1n) is 9.08. The molecule has 1 amide bonds. The fraction of sp³-hybridized carbons (Fsp3) is 0.174. The minimum Gasteiger partial charge on any atom is -0.467 e. The van der Waals surface area contributed by atoms with Gasteiger partial charge in [-0.2, -0.15) is 0 Å². The maximum atomic E-state index is 13.4. The molecule has 2 aromatic heterocycles. The van der Waals surface area contributed by atoms with Gasteiger partial charge in [0, 0.05) is 22.5 Å². The number of hydrogen-bond acceptors (Lipinski definition) is 3. The van der Waals surface area contributed by atoms with E-state index in [9.17, 15) is 4.79 Å². The van der Waals surface area contributed by atoms with E-state index in [0.29, 0.717) is 29.6 Å². The van der Waals surface area contributed by atoms with E-state index in [1.54, 1.807) is 11.2 Å². The molecule has 0 bridgehead atoms. The summed E-state index contributed by atoms with van der Waals surface area (Å²) in [5.41, 5.74) is 3.51. The average molecular weight is 394 g/mol. The maximum Gasteiger partial charge on any atom is 0.290 e. The molecule has 4 nitrogen and oxygen atoms in total. The number of carbonyl (C=O) groups is 1. The Morgan fingerprint density at radius 2 is 1.86 bits per heavy atom. The van der Waals surface area contributed by atoms with Gasteiger partial charge in [0.25, 0.3) is 5.91 Å². The predicted octanol–water partition coefficient (Wildman–Crippen LogP) is 6.14. The Labute approximate surface area is 168 Å². The molecular weight excluding hydrogens is 374 g/mol. The van der Waals surface area contributed by atoms with E-state index in [1.165, 1.54) is 0 Å². The highest BCUT2D eigenvalue weighted by Gasteiger charge is 2.25. The van der Waals surface area contributed by atoms with Crippen molar-refractivity contribution in [2.75, 3.05) is 0 Å². The number of benzene rings is 2. The van der Waals surface area contributed by atoms with Gasteiger partial charge >= 0.3 is 0 Å². The average Bonchev–Trinajstić information content (AvgIpc) is 3.30. The molecule has 2 aromatic carbocycles. The summed E-state index contributed by atoms with van der Waals surface area (Å²) < 4.78 is 11.4. The van der Waals surface area contributed by atoms with Gasteiger partial charge < -0.3 is 13.7 Å². The number of rotatable bonds is 5. The summed E-state index contributed by atoms with van der Waals surface area (Å²) in [6.45, 7) is 4.59. The lowest BCUT2D eigenvalue weighted by molar-refractivity contribution is 0.0686. The molecular formula is C23H20ClNO3. The third-order valence-electron chi connectivity index (χ3n) is 4.82. The van der Waals surface area contributed by atoms with E-state index in [4.69, 9.17) is 20.4 Å². The molecule has 0 aliphatic rings. The fourth-order valence-corrected chi connectivity index (χ4v) is 3.50. The molecule has 0 N–H and O–H groups in total. The van der Waals surface area contributed by atoms with Crippen molar-refractivity contribution in [1.82, 2.24) is 4.90 Å². The molecule has 4 aromatic rings. The van der Waals surface area contributed by atoms with Gasteiger partial charge in [0.1, 0.15) is 11.3 Å². The Morgan fingerprint density at radius 1 is 1.04 bits per heavy atom. The molecule has 0 saturated heterocycles. The van der Waals surface area contributed by atoms with Crippen molar-refractivity contribution in [2.45, 2.75) is 26.9 Å². The van der Waals surface area contributed by atoms with Crippen molar-refractivity contribution in [1.29, 1.82) is 0 Å². The first kappa shape index (κ1) is 18.4. The Bertz CT molecular complexity index is 1130. The van der Waals surface area contributed by atoms with Crippen LogP contribution in [0, 0.1) is 13.8 Å². The second kappa shape index (κ2) is 7.56. The van der Waals surface area contributed by atoms with Crippen LogP contribution in [0.15, 0.2) is 69.7 Å². The molecule has 0 atom stereocenters. The summed E-state index contributed by atoms with van der Waals surface area (Å²) >= 11 is 6.33. The number of halogens is 1. The normalized spacial score (nSPS) is 11.1. The Hall–Kier alpha value is -2.98. The zero-order chi connectivity index (χ0) is 19.7. The number of aryl methyl sites for hydroxylation is 2. The van der Waals surface area contributed by atoms with Crippen molar-refractivity contribution in [3.05, 3.63) is 94.1 Å². The lowest BCUT2D eigenvalue weighted by atomic mass is 10.1. The van der Waals surface area contributed by atoms with Crippen LogP contribution in [-0.4, -0.2) is 10.8 Å². The zero-order valence-electron chi connectivity index (χ0n) is 15.7. The summed E-state index contributed by atoms with van der Waals surface area (Å²) in [5.74, 6) is 0.854. The highest BCUT2D eigenvalue weighted by atomic mass is 35.5. The zero-order valence-corrected chi connectivity index (χ0v) is 16.5. The molecule has 0 aliphatic carbocycles. The van der Waals surface area contributed by atoms with Crippen molar-refractivity contribution >= 4 is 28.5 Å². The molecule has 0 spiro atoms. The molecule has 0 radical (unpaired) electrons. The van der Waals surface area contributed by atoms with Crippen molar-refractivity contribution in [2.24, 2.45) is 0 Å². The molecule has 28 heavy (non-hydrogen) atoms. The Balaban J connectivity index is 1.72. The number of furan rings is 2. The topological polar surface area (TPSA) is 46.6 Å². The van der Waals surface area contributed by atoms with E-state index in [-0.39, 0.29) is 5.91 Å². The van der Waals surface area contributed by atoms with E-state index < -0.39 is 0 Å². The van der Waals surface area contributed by atoms with E-state index >= 15 is 0 Å². The SMILES string of the molecule is Cc1ccc2c(C)c(C(=O)N(Cc3ccco3)Cc3ccccc3Cl)oc2c1. The van der Waals surface area contributed by atoms with Gasteiger partial charge in [-0.15, -0.1) is 0 Å². The number of nitrogens with zero attached hydrogens (tertiary/aromatic N) is 1. The van der Waals surface area contributed by atoms with Crippen LogP contribution >= 0.6 is 11.6 Å². The van der Waals surface area contributed by atoms with E-state index in [2.05, 4.69) is 0 Å². The molecule has 0 saturated carbocycles. The van der Waals surface area contributed by atoms with E-state index in [1.807, 2.05) is 68.4 Å². The van der Waals surface area contributed by atoms with Crippen LogP contribution in [0.25, 0.3) is 11.0 Å². The van der Waals surface area contributed by atoms with Crippen LogP contribution < -0.4 is 0 Å². The standard InChI is InChI=1S/C23H20ClNO3/c1-15-9-10-19-16(2)22(28-21(19)12-15)23(26)25(14-18-7-5-11-27-18)13-17-6-3-4-8-20(17)24/h3-12H,13-14H2,1-2H3. The molecule has 5 heteroatoms. The van der Waals surface area contributed by atoms with Gasteiger partial charge in [0.2, 0.25) is 0 Å². The molecule has 0 fully saturated rings. The van der Waals surface area contributed by atoms with Crippen LogP contribution in [0.5, 0.6) is 0 Å². The summed E-state index contributed by atoms with van der Waals surface area (Å²) in [4.78, 5) is 15.1. The quantitative estimate of drug-likeness (QED) is 0.409. The van der Waals surface area contributed by atoms with Crippen LogP contribution in [0.2, 0.25) is 5.02 Å². The van der Waals surface area contributed by atoms with Crippen molar-refractivity contribution < 1.29 is 13.6 Å². The number of carbonyl (C=O) groups excluding carboxylic acids is 1. The summed E-state index contributed by atoms with van der Waals surface area (Å²) in [6, 6.07) is 17.1. The molecule has 0 aliphatic heterocycles. The first-order valence-corrected chi connectivity index (χ1v) is 9.45. The van der Waals surface area contributed by atoms with Crippen LogP contribution in [0.4, 0.5) is 0 Å². The molecule has 0 unspecified atom stereocenters. The monoisotopic (exact) mass is 393 g/mol. The van der Waals surface area contributed by atoms with E-state index in [0.717, 1.165) is 27.7 Å². The second-order valence-electron chi connectivity index (χ2n) is 6.89.